The zero-order valence-electron chi connectivity index (χ0n) is 31.5. The van der Waals surface area contributed by atoms with Crippen LogP contribution in [0.5, 0.6) is 0 Å². The van der Waals surface area contributed by atoms with Crippen molar-refractivity contribution >= 4 is 22.2 Å². The maximum Gasteiger partial charge on any atom is 0.397 e. The first kappa shape index (κ1) is 47.8. The first-order valence-electron chi connectivity index (χ1n) is 19.3. The van der Waals surface area contributed by atoms with Crippen LogP contribution in [0, 0.1) is 0 Å². The fourth-order valence-electron chi connectivity index (χ4n) is 5.39. The molecule has 0 saturated heterocycles. The Kier molecular flexibility index (Phi) is 35.1. The molecule has 0 aliphatic heterocycles. The number of imide groups is 1. The highest BCUT2D eigenvalue weighted by molar-refractivity contribution is 7.80. The van der Waals surface area contributed by atoms with E-state index in [0.29, 0.717) is 12.8 Å². The van der Waals surface area contributed by atoms with Crippen molar-refractivity contribution in [3.63, 3.8) is 0 Å². The van der Waals surface area contributed by atoms with E-state index in [1.807, 2.05) is 0 Å². The molecule has 0 fully saturated rings. The van der Waals surface area contributed by atoms with E-state index in [9.17, 15) is 18.0 Å². The third-order valence-electron chi connectivity index (χ3n) is 8.76. The van der Waals surface area contributed by atoms with Gasteiger partial charge in [-0.1, -0.05) is 141 Å². The molecule has 0 unspecified atom stereocenters. The molecule has 0 radical (unpaired) electrons. The van der Waals surface area contributed by atoms with Crippen LogP contribution in [0.2, 0.25) is 0 Å². The van der Waals surface area contributed by atoms with Gasteiger partial charge < -0.3 is 0 Å². The van der Waals surface area contributed by atoms with Crippen molar-refractivity contribution in [2.45, 2.75) is 194 Å². The number of hydrogen-bond acceptors (Lipinski definition) is 5. The molecule has 2 amide bonds. The highest BCUT2D eigenvalue weighted by atomic mass is 32.3. The lowest BCUT2D eigenvalue weighted by molar-refractivity contribution is -0.736. The average Bonchev–Trinajstić information content (AvgIpc) is 3.04. The zero-order valence-corrected chi connectivity index (χ0v) is 32.3. The van der Waals surface area contributed by atoms with Crippen molar-refractivity contribution in [3.8, 4) is 0 Å². The summed E-state index contributed by atoms with van der Waals surface area (Å²) >= 11 is 0. The minimum absolute atomic E-state index is 0.0766. The van der Waals surface area contributed by atoms with Crippen molar-refractivity contribution in [1.29, 1.82) is 0 Å². The maximum absolute atomic E-state index is 12.7. The van der Waals surface area contributed by atoms with Crippen LogP contribution < -0.4 is 0 Å². The van der Waals surface area contributed by atoms with E-state index in [4.69, 9.17) is 4.55 Å². The summed E-state index contributed by atoms with van der Waals surface area (Å²) in [5.41, 5.74) is 0. The highest BCUT2D eigenvalue weighted by Gasteiger charge is 2.33. The molecule has 7 nitrogen and oxygen atoms in total. The van der Waals surface area contributed by atoms with Gasteiger partial charge in [0.1, 0.15) is 0 Å². The Balaban J connectivity index is 0. The standard InChI is InChI=1S/C38H72NO2.CH4O4S/c1-5-7-9-11-13-15-17-19-21-23-25-27-29-31-33-35-37(40)39(3,4)38(41)36-34-32-30-28-26-24-22-20-18-16-14-12-10-8-6-2;1-5-6(2,3)4/h19-22H,5-18,23-36H2,1-4H3;1H3,(H,2,3,4)/q+1;/b21-19-,22-20-;. The van der Waals surface area contributed by atoms with Gasteiger partial charge in [0.2, 0.25) is 0 Å². The summed E-state index contributed by atoms with van der Waals surface area (Å²) in [6, 6.07) is 0. The van der Waals surface area contributed by atoms with Crippen LogP contribution in [0.4, 0.5) is 0 Å². The van der Waals surface area contributed by atoms with Gasteiger partial charge in [-0.15, -0.1) is 0 Å². The molecule has 0 rings (SSSR count). The first-order valence-corrected chi connectivity index (χ1v) is 20.6. The van der Waals surface area contributed by atoms with Crippen LogP contribution in [0.15, 0.2) is 24.3 Å². The first-order chi connectivity index (χ1) is 22.5. The molecule has 0 spiro atoms. The Morgan fingerprint density at radius 3 is 1.00 bits per heavy atom. The third-order valence-corrected chi connectivity index (χ3v) is 9.18. The Morgan fingerprint density at radius 1 is 0.511 bits per heavy atom. The summed E-state index contributed by atoms with van der Waals surface area (Å²) in [5, 5.41) is 0. The summed E-state index contributed by atoms with van der Waals surface area (Å²) < 4.78 is 29.6. The van der Waals surface area contributed by atoms with Crippen LogP contribution in [0.1, 0.15) is 194 Å². The van der Waals surface area contributed by atoms with Crippen molar-refractivity contribution in [3.05, 3.63) is 24.3 Å². The van der Waals surface area contributed by atoms with Crippen LogP contribution in [0.25, 0.3) is 0 Å². The van der Waals surface area contributed by atoms with Gasteiger partial charge in [0.05, 0.1) is 34.0 Å². The molecule has 0 saturated carbocycles. The molecular weight excluding hydrogens is 610 g/mol. The summed E-state index contributed by atoms with van der Waals surface area (Å²) in [6.45, 7) is 4.54. The molecule has 0 aromatic carbocycles. The van der Waals surface area contributed by atoms with Crippen molar-refractivity contribution in [2.24, 2.45) is 0 Å². The normalized spacial score (nSPS) is 12.1. The Hall–Kier alpha value is -1.35. The predicted molar refractivity (Wildman–Crippen MR) is 200 cm³/mol. The largest absolute Gasteiger partial charge is 0.397 e. The van der Waals surface area contributed by atoms with Crippen molar-refractivity contribution in [2.75, 3.05) is 21.2 Å². The average molecular weight is 687 g/mol. The molecule has 8 heteroatoms. The van der Waals surface area contributed by atoms with E-state index in [1.165, 1.54) is 141 Å². The smallest absolute Gasteiger partial charge is 0.264 e. The van der Waals surface area contributed by atoms with E-state index in [1.54, 1.807) is 14.1 Å². The number of nitrogens with zero attached hydrogens (tertiary/aromatic N) is 1. The highest BCUT2D eigenvalue weighted by Crippen LogP contribution is 2.15. The molecule has 0 aromatic heterocycles. The van der Waals surface area contributed by atoms with Crippen LogP contribution in [0.3, 0.4) is 0 Å². The van der Waals surface area contributed by atoms with Crippen LogP contribution in [-0.4, -0.2) is 50.5 Å². The minimum Gasteiger partial charge on any atom is -0.264 e. The number of carbonyl (C=O) groups excluding carboxylic acids is 2. The van der Waals surface area contributed by atoms with Gasteiger partial charge >= 0.3 is 22.2 Å². The zero-order chi connectivity index (χ0) is 35.5. The van der Waals surface area contributed by atoms with Gasteiger partial charge in [0.15, 0.2) is 0 Å². The second-order valence-electron chi connectivity index (χ2n) is 13.5. The number of rotatable bonds is 31. The van der Waals surface area contributed by atoms with E-state index < -0.39 is 10.4 Å². The van der Waals surface area contributed by atoms with E-state index >= 15 is 0 Å². The number of quaternary nitrogens is 1. The second-order valence-corrected chi connectivity index (χ2v) is 14.7. The SMILES string of the molecule is CCCCCCCC/C=C\CCCCCCCC(=O)[N+](C)(C)C(=O)CCCCCCC/C=C\CCCCCCCC.COS(=O)(=O)O. The van der Waals surface area contributed by atoms with Gasteiger partial charge in [-0.2, -0.15) is 8.42 Å². The van der Waals surface area contributed by atoms with Crippen molar-refractivity contribution < 1.29 is 31.2 Å². The fourth-order valence-corrected chi connectivity index (χ4v) is 5.39. The minimum atomic E-state index is -4.16. The Morgan fingerprint density at radius 2 is 0.745 bits per heavy atom. The monoisotopic (exact) mass is 687 g/mol. The summed E-state index contributed by atoms with van der Waals surface area (Å²) in [6.07, 6.45) is 43.1. The van der Waals surface area contributed by atoms with Crippen LogP contribution in [-0.2, 0) is 24.2 Å². The molecular formula is C39H76NO6S+. The van der Waals surface area contributed by atoms with Gasteiger partial charge in [0, 0.05) is 0 Å². The quantitative estimate of drug-likeness (QED) is 0.0337. The van der Waals surface area contributed by atoms with Gasteiger partial charge in [-0.3, -0.25) is 8.74 Å². The maximum atomic E-state index is 12.7. The number of allylic oxidation sites excluding steroid dienone is 4. The van der Waals surface area contributed by atoms with Crippen molar-refractivity contribution in [1.82, 2.24) is 0 Å². The van der Waals surface area contributed by atoms with Crippen LogP contribution >= 0.6 is 0 Å². The van der Waals surface area contributed by atoms with E-state index in [0.717, 1.165) is 32.8 Å². The number of hydrogen-bond donors (Lipinski definition) is 1. The summed E-state index contributed by atoms with van der Waals surface area (Å²) in [4.78, 5) is 25.5. The summed E-state index contributed by atoms with van der Waals surface area (Å²) in [5.74, 6) is 0.167. The number of amides is 2. The molecule has 0 aromatic rings. The molecule has 0 bridgehead atoms. The lowest BCUT2D eigenvalue weighted by Gasteiger charge is -2.24. The van der Waals surface area contributed by atoms with Gasteiger partial charge in [-0.05, 0) is 64.2 Å². The number of carbonyl (C=O) groups is 2. The second kappa shape index (κ2) is 34.5. The van der Waals surface area contributed by atoms with E-state index in [-0.39, 0.29) is 16.3 Å². The molecule has 0 aliphatic carbocycles. The molecule has 278 valence electrons. The molecule has 0 atom stereocenters. The molecule has 1 N–H and O–H groups in total. The van der Waals surface area contributed by atoms with E-state index in [2.05, 4.69) is 42.3 Å². The molecule has 47 heavy (non-hydrogen) atoms. The van der Waals surface area contributed by atoms with Gasteiger partial charge in [0.25, 0.3) is 0 Å². The Labute approximate surface area is 291 Å². The summed E-state index contributed by atoms with van der Waals surface area (Å²) in [7, 11) is 0.291. The lowest BCUT2D eigenvalue weighted by atomic mass is 10.1. The lowest BCUT2D eigenvalue weighted by Crippen LogP contribution is -2.50. The van der Waals surface area contributed by atoms with Gasteiger partial charge in [-0.25, -0.2) is 14.1 Å². The number of unbranched alkanes of at least 4 members (excludes halogenated alkanes) is 22. The fraction of sp³-hybridized carbons (Fsp3) is 0.846. The third kappa shape index (κ3) is 35.8. The molecule has 0 aliphatic rings. The topological polar surface area (TPSA) is 97.7 Å². The predicted octanol–water partition coefficient (Wildman–Crippen LogP) is 11.6. The Bertz CT molecular complexity index is 828. The molecule has 0 heterocycles.